The van der Waals surface area contributed by atoms with E-state index in [1.54, 1.807) is 0 Å². The van der Waals surface area contributed by atoms with E-state index in [0.29, 0.717) is 0 Å². The zero-order valence-electron chi connectivity index (χ0n) is 12.9. The Labute approximate surface area is 127 Å². The molecule has 1 aliphatic rings. The van der Waals surface area contributed by atoms with E-state index in [9.17, 15) is 0 Å². The van der Waals surface area contributed by atoms with Gasteiger partial charge in [-0.1, -0.05) is 43.5 Å². The minimum atomic E-state index is 0.176. The number of aromatic nitrogens is 1. The second-order valence-corrected chi connectivity index (χ2v) is 6.34. The first-order chi connectivity index (χ1) is 10.2. The zero-order chi connectivity index (χ0) is 14.7. The smallest absolute Gasteiger partial charge is 0.0746 e. The van der Waals surface area contributed by atoms with Crippen LogP contribution in [-0.4, -0.2) is 29.0 Å². The molecule has 1 heterocycles. The molecule has 2 N–H and O–H groups in total. The molecule has 0 radical (unpaired) electrons. The van der Waals surface area contributed by atoms with Crippen LogP contribution in [0.25, 0.3) is 10.9 Å². The van der Waals surface area contributed by atoms with Gasteiger partial charge in [0.2, 0.25) is 0 Å². The van der Waals surface area contributed by atoms with Gasteiger partial charge in [0.05, 0.1) is 5.52 Å². The summed E-state index contributed by atoms with van der Waals surface area (Å²) in [6.07, 6.45) is 8.28. The van der Waals surface area contributed by atoms with Crippen molar-refractivity contribution >= 4 is 10.9 Å². The van der Waals surface area contributed by atoms with E-state index >= 15 is 0 Å². The van der Waals surface area contributed by atoms with Crippen LogP contribution in [0.3, 0.4) is 0 Å². The minimum Gasteiger partial charge on any atom is -0.329 e. The summed E-state index contributed by atoms with van der Waals surface area (Å²) in [6.45, 7) is 1.67. The van der Waals surface area contributed by atoms with Crippen molar-refractivity contribution in [3.63, 3.8) is 0 Å². The number of nitrogens with zero attached hydrogens (tertiary/aromatic N) is 2. The summed E-state index contributed by atoms with van der Waals surface area (Å²) in [4.78, 5) is 7.04. The lowest BCUT2D eigenvalue weighted by Crippen LogP contribution is -2.52. The zero-order valence-corrected chi connectivity index (χ0v) is 12.9. The number of benzene rings is 1. The molecule has 1 aromatic carbocycles. The predicted octanol–water partition coefficient (Wildman–Crippen LogP) is 3.33. The van der Waals surface area contributed by atoms with Crippen LogP contribution in [0, 0.1) is 0 Å². The maximum Gasteiger partial charge on any atom is 0.0746 e. The summed E-state index contributed by atoms with van der Waals surface area (Å²) in [5.74, 6) is 0. The third-order valence-corrected chi connectivity index (χ3v) is 5.10. The molecule has 2 aromatic rings. The Bertz CT molecular complexity index is 597. The van der Waals surface area contributed by atoms with Crippen LogP contribution in [0.5, 0.6) is 0 Å². The summed E-state index contributed by atoms with van der Waals surface area (Å²) in [5, 5.41) is 1.22. The highest BCUT2D eigenvalue weighted by Gasteiger charge is 2.34. The number of likely N-dealkylation sites (N-methyl/N-ethyl adjacent to an activating group) is 1. The average molecular weight is 283 g/mol. The first kappa shape index (κ1) is 14.5. The van der Waals surface area contributed by atoms with E-state index in [4.69, 9.17) is 5.73 Å². The molecule has 21 heavy (non-hydrogen) atoms. The molecule has 0 amide bonds. The molecule has 1 saturated carbocycles. The number of fused-ring (bicyclic) bond motifs is 1. The Hall–Kier alpha value is -1.45. The Balaban J connectivity index is 1.87. The van der Waals surface area contributed by atoms with Gasteiger partial charge < -0.3 is 5.73 Å². The SMILES string of the molecule is CN(Cc1cccc2cccnc12)C1(CN)CCCCC1. The lowest BCUT2D eigenvalue weighted by atomic mass is 9.80. The summed E-state index contributed by atoms with van der Waals surface area (Å²) in [5.41, 5.74) is 8.74. The lowest BCUT2D eigenvalue weighted by Gasteiger charge is -2.44. The van der Waals surface area contributed by atoms with Crippen molar-refractivity contribution in [3.8, 4) is 0 Å². The summed E-state index contributed by atoms with van der Waals surface area (Å²) in [6, 6.07) is 10.6. The first-order valence-electron chi connectivity index (χ1n) is 7.99. The molecule has 3 nitrogen and oxygen atoms in total. The van der Waals surface area contributed by atoms with Gasteiger partial charge in [-0.3, -0.25) is 9.88 Å². The second kappa shape index (κ2) is 6.12. The highest BCUT2D eigenvalue weighted by Crippen LogP contribution is 2.33. The molecule has 1 fully saturated rings. The molecule has 1 aromatic heterocycles. The number of hydrogen-bond acceptors (Lipinski definition) is 3. The van der Waals surface area contributed by atoms with Crippen molar-refractivity contribution in [1.82, 2.24) is 9.88 Å². The normalized spacial score (nSPS) is 18.2. The van der Waals surface area contributed by atoms with Crippen molar-refractivity contribution in [3.05, 3.63) is 42.1 Å². The fourth-order valence-corrected chi connectivity index (χ4v) is 3.67. The third kappa shape index (κ3) is 2.81. The number of hydrogen-bond donors (Lipinski definition) is 1. The van der Waals surface area contributed by atoms with Crippen molar-refractivity contribution in [2.45, 2.75) is 44.2 Å². The van der Waals surface area contributed by atoms with E-state index in [0.717, 1.165) is 18.6 Å². The summed E-state index contributed by atoms with van der Waals surface area (Å²) < 4.78 is 0. The van der Waals surface area contributed by atoms with Gasteiger partial charge in [-0.15, -0.1) is 0 Å². The molecule has 0 unspecified atom stereocenters. The highest BCUT2D eigenvalue weighted by molar-refractivity contribution is 5.81. The van der Waals surface area contributed by atoms with Crippen LogP contribution >= 0.6 is 0 Å². The molecule has 3 rings (SSSR count). The van der Waals surface area contributed by atoms with Gasteiger partial charge in [0.25, 0.3) is 0 Å². The second-order valence-electron chi connectivity index (χ2n) is 6.34. The van der Waals surface area contributed by atoms with Gasteiger partial charge >= 0.3 is 0 Å². The van der Waals surface area contributed by atoms with E-state index in [1.165, 1.54) is 43.1 Å². The molecular formula is C18H25N3. The Morgan fingerprint density at radius 2 is 1.90 bits per heavy atom. The minimum absolute atomic E-state index is 0.176. The van der Waals surface area contributed by atoms with E-state index in [2.05, 4.69) is 41.2 Å². The monoisotopic (exact) mass is 283 g/mol. The summed E-state index contributed by atoms with van der Waals surface area (Å²) >= 11 is 0. The number of pyridine rings is 1. The van der Waals surface area contributed by atoms with E-state index in [-0.39, 0.29) is 5.54 Å². The van der Waals surface area contributed by atoms with E-state index < -0.39 is 0 Å². The fraction of sp³-hybridized carbons (Fsp3) is 0.500. The van der Waals surface area contributed by atoms with Crippen molar-refractivity contribution in [2.75, 3.05) is 13.6 Å². The van der Waals surface area contributed by atoms with Crippen LogP contribution in [0.1, 0.15) is 37.7 Å². The standard InChI is InChI=1S/C18H25N3/c1-21(18(14-19)10-3-2-4-11-18)13-16-8-5-7-15-9-6-12-20-17(15)16/h5-9,12H,2-4,10-11,13-14,19H2,1H3. The van der Waals surface area contributed by atoms with Crippen molar-refractivity contribution in [2.24, 2.45) is 5.73 Å². The molecular weight excluding hydrogens is 258 g/mol. The van der Waals surface area contributed by atoms with Gasteiger partial charge in [-0.2, -0.15) is 0 Å². The van der Waals surface area contributed by atoms with Gasteiger partial charge in [0.1, 0.15) is 0 Å². The van der Waals surface area contributed by atoms with Crippen LogP contribution in [-0.2, 0) is 6.54 Å². The molecule has 0 bridgehead atoms. The Morgan fingerprint density at radius 1 is 1.14 bits per heavy atom. The first-order valence-corrected chi connectivity index (χ1v) is 7.99. The van der Waals surface area contributed by atoms with Gasteiger partial charge in [0.15, 0.2) is 0 Å². The maximum absolute atomic E-state index is 6.15. The maximum atomic E-state index is 6.15. The number of nitrogens with two attached hydrogens (primary N) is 1. The van der Waals surface area contributed by atoms with Gasteiger partial charge in [-0.25, -0.2) is 0 Å². The third-order valence-electron chi connectivity index (χ3n) is 5.10. The van der Waals surface area contributed by atoms with Crippen LogP contribution in [0.2, 0.25) is 0 Å². The molecule has 0 spiro atoms. The fourth-order valence-electron chi connectivity index (χ4n) is 3.67. The van der Waals surface area contributed by atoms with Crippen LogP contribution in [0.4, 0.5) is 0 Å². The molecule has 0 aliphatic heterocycles. The largest absolute Gasteiger partial charge is 0.329 e. The number of rotatable bonds is 4. The molecule has 0 atom stereocenters. The molecule has 3 heteroatoms. The van der Waals surface area contributed by atoms with Crippen LogP contribution < -0.4 is 5.73 Å². The topological polar surface area (TPSA) is 42.2 Å². The average Bonchev–Trinajstić information content (AvgIpc) is 2.56. The quantitative estimate of drug-likeness (QED) is 0.936. The van der Waals surface area contributed by atoms with Crippen molar-refractivity contribution in [1.29, 1.82) is 0 Å². The van der Waals surface area contributed by atoms with Crippen molar-refractivity contribution < 1.29 is 0 Å². The predicted molar refractivity (Wildman–Crippen MR) is 88.1 cm³/mol. The Kier molecular flexibility index (Phi) is 4.22. The molecule has 1 aliphatic carbocycles. The van der Waals surface area contributed by atoms with Gasteiger partial charge in [0, 0.05) is 30.2 Å². The highest BCUT2D eigenvalue weighted by atomic mass is 15.2. The lowest BCUT2D eigenvalue weighted by molar-refractivity contribution is 0.0762. The van der Waals surface area contributed by atoms with Gasteiger partial charge in [-0.05, 0) is 31.5 Å². The van der Waals surface area contributed by atoms with E-state index in [1.807, 2.05) is 12.3 Å². The molecule has 0 saturated heterocycles. The Morgan fingerprint density at radius 3 is 2.67 bits per heavy atom. The molecule has 112 valence electrons. The van der Waals surface area contributed by atoms with Crippen LogP contribution in [0.15, 0.2) is 36.5 Å². The summed E-state index contributed by atoms with van der Waals surface area (Å²) in [7, 11) is 2.22. The number of para-hydroxylation sites is 1.